The lowest BCUT2D eigenvalue weighted by atomic mass is 10.1. The lowest BCUT2D eigenvalue weighted by molar-refractivity contribution is -0.383. The smallest absolute Gasteiger partial charge is 0.304 e. The Labute approximate surface area is 126 Å². The quantitative estimate of drug-likeness (QED) is 0.593. The largest absolute Gasteiger partial charge is 0.396 e. The normalized spacial score (nSPS) is 20.0. The van der Waals surface area contributed by atoms with E-state index in [1.165, 1.54) is 4.31 Å². The Morgan fingerprint density at radius 2 is 2.29 bits per heavy atom. The first-order chi connectivity index (χ1) is 9.87. The van der Waals surface area contributed by atoms with Gasteiger partial charge in [-0.2, -0.15) is 4.31 Å². The van der Waals surface area contributed by atoms with Crippen LogP contribution in [0.1, 0.15) is 25.7 Å². The minimum Gasteiger partial charge on any atom is -0.396 e. The first-order valence-corrected chi connectivity index (χ1v) is 8.80. The van der Waals surface area contributed by atoms with Crippen molar-refractivity contribution in [3.05, 3.63) is 16.2 Å². The summed E-state index contributed by atoms with van der Waals surface area (Å²) in [6, 6.07) is 0.862. The molecular weight excluding hydrogens is 318 g/mol. The summed E-state index contributed by atoms with van der Waals surface area (Å²) in [4.78, 5) is 10.1. The molecule has 0 saturated carbocycles. The van der Waals surface area contributed by atoms with Crippen molar-refractivity contribution >= 4 is 32.0 Å². The van der Waals surface area contributed by atoms with E-state index in [0.717, 1.165) is 30.2 Å². The van der Waals surface area contributed by atoms with E-state index in [4.69, 9.17) is 10.8 Å². The Hall–Kier alpha value is -1.23. The molecule has 0 aliphatic carbocycles. The Morgan fingerprint density at radius 3 is 2.86 bits per heavy atom. The number of aliphatic hydroxyl groups excluding tert-OH is 1. The molecule has 3 N–H and O–H groups in total. The zero-order valence-electron chi connectivity index (χ0n) is 11.3. The van der Waals surface area contributed by atoms with Gasteiger partial charge < -0.3 is 10.8 Å². The fraction of sp³-hybridized carbons (Fsp3) is 0.636. The van der Waals surface area contributed by atoms with Crippen LogP contribution in [0.15, 0.2) is 10.3 Å². The van der Waals surface area contributed by atoms with E-state index in [0.29, 0.717) is 19.4 Å². The van der Waals surface area contributed by atoms with E-state index >= 15 is 0 Å². The summed E-state index contributed by atoms with van der Waals surface area (Å²) in [5, 5.41) is 19.6. The van der Waals surface area contributed by atoms with Gasteiger partial charge in [0.1, 0.15) is 4.21 Å². The fourth-order valence-electron chi connectivity index (χ4n) is 2.50. The summed E-state index contributed by atoms with van der Waals surface area (Å²) in [6.45, 7) is 0.409. The highest BCUT2D eigenvalue weighted by Gasteiger charge is 2.37. The average Bonchev–Trinajstić information content (AvgIpc) is 3.02. The third-order valence-corrected chi connectivity index (χ3v) is 6.85. The van der Waals surface area contributed by atoms with Gasteiger partial charge >= 0.3 is 5.69 Å². The van der Waals surface area contributed by atoms with Crippen LogP contribution in [0.5, 0.6) is 0 Å². The summed E-state index contributed by atoms with van der Waals surface area (Å²) >= 11 is 0.719. The fourth-order valence-corrected chi connectivity index (χ4v) is 5.57. The molecule has 1 unspecified atom stereocenters. The van der Waals surface area contributed by atoms with Gasteiger partial charge in [0.2, 0.25) is 0 Å². The van der Waals surface area contributed by atoms with Crippen LogP contribution < -0.4 is 5.73 Å². The molecule has 0 radical (unpaired) electrons. The molecule has 1 aliphatic rings. The van der Waals surface area contributed by atoms with E-state index in [9.17, 15) is 18.5 Å². The zero-order chi connectivity index (χ0) is 15.6. The van der Waals surface area contributed by atoms with Gasteiger partial charge in [0.05, 0.1) is 4.92 Å². The van der Waals surface area contributed by atoms with Crippen LogP contribution in [0.3, 0.4) is 0 Å². The van der Waals surface area contributed by atoms with Crippen LogP contribution in [0.4, 0.5) is 10.7 Å². The van der Waals surface area contributed by atoms with Crippen LogP contribution in [-0.4, -0.2) is 41.9 Å². The van der Waals surface area contributed by atoms with E-state index in [1.807, 2.05) is 0 Å². The number of aliphatic hydroxyl groups is 1. The van der Waals surface area contributed by atoms with Gasteiger partial charge in [-0.1, -0.05) is 11.3 Å². The Morgan fingerprint density at radius 1 is 1.57 bits per heavy atom. The molecule has 1 aromatic heterocycles. The van der Waals surface area contributed by atoms with Gasteiger partial charge in [-0.25, -0.2) is 8.42 Å². The van der Waals surface area contributed by atoms with Gasteiger partial charge in [-0.15, -0.1) is 0 Å². The molecule has 0 amide bonds. The van der Waals surface area contributed by atoms with Crippen LogP contribution in [-0.2, 0) is 10.0 Å². The van der Waals surface area contributed by atoms with Crippen molar-refractivity contribution in [1.29, 1.82) is 0 Å². The van der Waals surface area contributed by atoms with Gasteiger partial charge in [0, 0.05) is 25.3 Å². The molecule has 10 heteroatoms. The van der Waals surface area contributed by atoms with Crippen molar-refractivity contribution in [3.63, 3.8) is 0 Å². The Balaban J connectivity index is 2.28. The van der Waals surface area contributed by atoms with Crippen molar-refractivity contribution in [1.82, 2.24) is 4.31 Å². The maximum Gasteiger partial charge on any atom is 0.304 e. The second kappa shape index (κ2) is 6.26. The van der Waals surface area contributed by atoms with Gasteiger partial charge in [0.15, 0.2) is 5.00 Å². The number of nitrogens with two attached hydrogens (primary N) is 1. The number of anilines is 1. The van der Waals surface area contributed by atoms with Gasteiger partial charge in [-0.3, -0.25) is 10.1 Å². The molecule has 0 aromatic carbocycles. The topological polar surface area (TPSA) is 127 Å². The molecule has 8 nitrogen and oxygen atoms in total. The molecule has 21 heavy (non-hydrogen) atoms. The highest BCUT2D eigenvalue weighted by atomic mass is 32.2. The van der Waals surface area contributed by atoms with Crippen LogP contribution in [0.25, 0.3) is 0 Å². The standard InChI is InChI=1S/C11H17N3O5S2/c12-11-9(14(16)17)7-10(20-11)21(18,19)13-5-1-3-8(13)4-2-6-15/h7-8,15H,1-6,12H2. The van der Waals surface area contributed by atoms with Crippen LogP contribution in [0.2, 0.25) is 0 Å². The summed E-state index contributed by atoms with van der Waals surface area (Å²) in [5.74, 6) is 0. The van der Waals surface area contributed by atoms with Crippen LogP contribution >= 0.6 is 11.3 Å². The number of sulfonamides is 1. The summed E-state index contributed by atoms with van der Waals surface area (Å²) in [7, 11) is -3.77. The van der Waals surface area contributed by atoms with E-state index in [1.54, 1.807) is 0 Å². The first-order valence-electron chi connectivity index (χ1n) is 6.54. The molecule has 1 aromatic rings. The summed E-state index contributed by atoms with van der Waals surface area (Å²) in [5.41, 5.74) is 5.14. The Bertz CT molecular complexity index is 628. The molecule has 0 bridgehead atoms. The third kappa shape index (κ3) is 3.18. The predicted molar refractivity (Wildman–Crippen MR) is 78.6 cm³/mol. The zero-order valence-corrected chi connectivity index (χ0v) is 12.9. The number of hydrogen-bond donors (Lipinski definition) is 2. The molecule has 1 fully saturated rings. The summed E-state index contributed by atoms with van der Waals surface area (Å²) < 4.78 is 26.5. The molecule has 1 aliphatic heterocycles. The molecule has 2 rings (SSSR count). The summed E-state index contributed by atoms with van der Waals surface area (Å²) in [6.07, 6.45) is 2.60. The predicted octanol–water partition coefficient (Wildman–Crippen LogP) is 1.16. The van der Waals surface area contributed by atoms with Crippen molar-refractivity contribution in [2.45, 2.75) is 35.9 Å². The number of rotatable bonds is 6. The number of nitrogen functional groups attached to an aromatic ring is 1. The van der Waals surface area contributed by atoms with Crippen molar-refractivity contribution in [2.24, 2.45) is 0 Å². The van der Waals surface area contributed by atoms with Crippen molar-refractivity contribution < 1.29 is 18.4 Å². The average molecular weight is 335 g/mol. The lowest BCUT2D eigenvalue weighted by Gasteiger charge is -2.22. The third-order valence-electron chi connectivity index (χ3n) is 3.50. The molecule has 118 valence electrons. The SMILES string of the molecule is Nc1sc(S(=O)(=O)N2CCCC2CCCO)cc1[N+](=O)[O-]. The Kier molecular flexibility index (Phi) is 4.81. The number of thiophene rings is 1. The maximum atomic E-state index is 12.6. The van der Waals surface area contributed by atoms with Gasteiger partial charge in [0.25, 0.3) is 10.0 Å². The minimum atomic E-state index is -3.77. The molecule has 1 saturated heterocycles. The number of hydrogen-bond acceptors (Lipinski definition) is 7. The van der Waals surface area contributed by atoms with Gasteiger partial charge in [-0.05, 0) is 25.7 Å². The second-order valence-electron chi connectivity index (χ2n) is 4.85. The molecule has 1 atom stereocenters. The molecular formula is C11H17N3O5S2. The maximum absolute atomic E-state index is 12.6. The van der Waals surface area contributed by atoms with E-state index in [2.05, 4.69) is 0 Å². The van der Waals surface area contributed by atoms with Crippen LogP contribution in [0, 0.1) is 10.1 Å². The number of nitro groups is 1. The first kappa shape index (κ1) is 16.1. The molecule has 2 heterocycles. The van der Waals surface area contributed by atoms with Crippen molar-refractivity contribution in [2.75, 3.05) is 18.9 Å². The second-order valence-corrected chi connectivity index (χ2v) is 8.05. The monoisotopic (exact) mass is 335 g/mol. The van der Waals surface area contributed by atoms with Crippen molar-refractivity contribution in [3.8, 4) is 0 Å². The highest BCUT2D eigenvalue weighted by molar-refractivity contribution is 7.91. The highest BCUT2D eigenvalue weighted by Crippen LogP contribution is 2.38. The minimum absolute atomic E-state index is 0.0157. The van der Waals surface area contributed by atoms with E-state index < -0.39 is 14.9 Å². The number of nitrogens with zero attached hydrogens (tertiary/aromatic N) is 2. The lowest BCUT2D eigenvalue weighted by Crippen LogP contribution is -2.35. The molecule has 0 spiro atoms. The van der Waals surface area contributed by atoms with E-state index in [-0.39, 0.29) is 27.5 Å².